The molecular weight excluding hydrogens is 254 g/mol. The molecule has 0 aliphatic carbocycles. The van der Waals surface area contributed by atoms with Gasteiger partial charge in [-0.15, -0.1) is 11.3 Å². The van der Waals surface area contributed by atoms with Crippen LogP contribution < -0.4 is 4.72 Å². The molecule has 1 rings (SSSR count). The van der Waals surface area contributed by atoms with Gasteiger partial charge in [0, 0.05) is 11.4 Å². The van der Waals surface area contributed by atoms with E-state index in [0.29, 0.717) is 19.4 Å². The van der Waals surface area contributed by atoms with E-state index in [1.54, 1.807) is 0 Å². The van der Waals surface area contributed by atoms with Crippen molar-refractivity contribution >= 4 is 33.0 Å². The van der Waals surface area contributed by atoms with Crippen LogP contribution in [-0.4, -0.2) is 20.7 Å². The fourth-order valence-electron chi connectivity index (χ4n) is 1.16. The van der Waals surface area contributed by atoms with Gasteiger partial charge in [-0.3, -0.25) is 0 Å². The number of hydrogen-bond donors (Lipinski definition) is 1. The lowest BCUT2D eigenvalue weighted by molar-refractivity contribution is 0.580. The quantitative estimate of drug-likeness (QED) is 0.860. The molecule has 0 radical (unpaired) electrons. The Balaban J connectivity index is 2.33. The molecule has 1 N–H and O–H groups in total. The molecule has 15 heavy (non-hydrogen) atoms. The van der Waals surface area contributed by atoms with Crippen molar-refractivity contribution in [3.05, 3.63) is 21.3 Å². The predicted molar refractivity (Wildman–Crippen MR) is 65.1 cm³/mol. The third kappa shape index (κ3) is 4.97. The summed E-state index contributed by atoms with van der Waals surface area (Å²) in [7, 11) is -3.07. The topological polar surface area (TPSA) is 46.2 Å². The van der Waals surface area contributed by atoms with E-state index >= 15 is 0 Å². The van der Waals surface area contributed by atoms with Gasteiger partial charge in [0.15, 0.2) is 0 Å². The number of hydrogen-bond acceptors (Lipinski definition) is 3. The molecule has 0 spiro atoms. The van der Waals surface area contributed by atoms with Crippen molar-refractivity contribution in [1.29, 1.82) is 0 Å². The number of thiophene rings is 1. The molecule has 0 saturated heterocycles. The van der Waals surface area contributed by atoms with Crippen LogP contribution in [0, 0.1) is 0 Å². The van der Waals surface area contributed by atoms with E-state index in [1.165, 1.54) is 11.3 Å². The third-order valence-corrected chi connectivity index (χ3v) is 4.68. The lowest BCUT2D eigenvalue weighted by atomic mass is 10.3. The van der Waals surface area contributed by atoms with Crippen LogP contribution in [0.4, 0.5) is 0 Å². The first-order valence-corrected chi connectivity index (χ1v) is 7.59. The Bertz CT molecular complexity index is 400. The summed E-state index contributed by atoms with van der Waals surface area (Å²) in [5, 5.41) is 0. The Labute approximate surface area is 99.5 Å². The number of rotatable bonds is 6. The van der Waals surface area contributed by atoms with Crippen LogP contribution in [0.5, 0.6) is 0 Å². The van der Waals surface area contributed by atoms with E-state index in [2.05, 4.69) is 4.72 Å². The maximum atomic E-state index is 11.3. The standard InChI is InChI=1S/C9H14ClNO2S2/c1-2-7-15(12,13)11-6-5-8-3-4-9(10)14-8/h3-4,11H,2,5-7H2,1H3. The fraction of sp³-hybridized carbons (Fsp3) is 0.556. The first-order valence-electron chi connectivity index (χ1n) is 4.75. The monoisotopic (exact) mass is 267 g/mol. The molecule has 0 unspecified atom stereocenters. The summed E-state index contributed by atoms with van der Waals surface area (Å²) in [5.74, 6) is 0.193. The van der Waals surface area contributed by atoms with Crippen LogP contribution in [0.25, 0.3) is 0 Å². The number of nitrogens with one attached hydrogen (secondary N) is 1. The highest BCUT2D eigenvalue weighted by atomic mass is 35.5. The zero-order valence-electron chi connectivity index (χ0n) is 8.49. The third-order valence-electron chi connectivity index (χ3n) is 1.80. The normalized spacial score (nSPS) is 11.9. The van der Waals surface area contributed by atoms with E-state index < -0.39 is 10.0 Å². The second-order valence-electron chi connectivity index (χ2n) is 3.17. The molecule has 0 saturated carbocycles. The number of sulfonamides is 1. The summed E-state index contributed by atoms with van der Waals surface area (Å²) >= 11 is 7.24. The molecule has 6 heteroatoms. The molecular formula is C9H14ClNO2S2. The molecule has 0 aromatic carbocycles. The smallest absolute Gasteiger partial charge is 0.211 e. The Morgan fingerprint density at radius 2 is 2.20 bits per heavy atom. The summed E-state index contributed by atoms with van der Waals surface area (Å²) in [6.07, 6.45) is 1.33. The maximum absolute atomic E-state index is 11.3. The Morgan fingerprint density at radius 3 is 2.73 bits per heavy atom. The predicted octanol–water partition coefficient (Wildman–Crippen LogP) is 2.27. The van der Waals surface area contributed by atoms with Gasteiger partial charge in [0.25, 0.3) is 0 Å². The molecule has 1 aromatic rings. The van der Waals surface area contributed by atoms with E-state index in [-0.39, 0.29) is 5.75 Å². The van der Waals surface area contributed by atoms with E-state index in [9.17, 15) is 8.42 Å². The molecule has 1 heterocycles. The SMILES string of the molecule is CCCS(=O)(=O)NCCc1ccc(Cl)s1. The first-order chi connectivity index (χ1) is 7.03. The van der Waals surface area contributed by atoms with Crippen molar-refractivity contribution in [2.75, 3.05) is 12.3 Å². The molecule has 0 fully saturated rings. The average molecular weight is 268 g/mol. The van der Waals surface area contributed by atoms with Crippen LogP contribution in [0.3, 0.4) is 0 Å². The fourth-order valence-corrected chi connectivity index (χ4v) is 3.34. The Morgan fingerprint density at radius 1 is 1.47 bits per heavy atom. The van der Waals surface area contributed by atoms with Crippen molar-refractivity contribution in [2.24, 2.45) is 0 Å². The first kappa shape index (κ1) is 13.0. The summed E-state index contributed by atoms with van der Waals surface area (Å²) in [5.41, 5.74) is 0. The van der Waals surface area contributed by atoms with Crippen LogP contribution >= 0.6 is 22.9 Å². The van der Waals surface area contributed by atoms with Crippen molar-refractivity contribution in [2.45, 2.75) is 19.8 Å². The minimum atomic E-state index is -3.07. The van der Waals surface area contributed by atoms with Gasteiger partial charge in [-0.05, 0) is 25.0 Å². The zero-order chi connectivity index (χ0) is 11.3. The van der Waals surface area contributed by atoms with Gasteiger partial charge >= 0.3 is 0 Å². The molecule has 0 atom stereocenters. The second kappa shape index (κ2) is 5.84. The Hall–Kier alpha value is -0.100. The molecule has 0 aliphatic rings. The highest BCUT2D eigenvalue weighted by molar-refractivity contribution is 7.89. The lowest BCUT2D eigenvalue weighted by Gasteiger charge is -2.03. The average Bonchev–Trinajstić information content (AvgIpc) is 2.51. The van der Waals surface area contributed by atoms with Crippen molar-refractivity contribution in [3.63, 3.8) is 0 Å². The molecule has 1 aromatic heterocycles. The van der Waals surface area contributed by atoms with Crippen LogP contribution in [0.2, 0.25) is 4.34 Å². The van der Waals surface area contributed by atoms with E-state index in [1.807, 2.05) is 19.1 Å². The Kier molecular flexibility index (Phi) is 5.05. The van der Waals surface area contributed by atoms with Gasteiger partial charge in [0.2, 0.25) is 10.0 Å². The zero-order valence-corrected chi connectivity index (χ0v) is 10.9. The highest BCUT2D eigenvalue weighted by Crippen LogP contribution is 2.21. The maximum Gasteiger partial charge on any atom is 0.211 e. The summed E-state index contributed by atoms with van der Waals surface area (Å²) in [6, 6.07) is 3.74. The van der Waals surface area contributed by atoms with Gasteiger partial charge in [-0.25, -0.2) is 13.1 Å². The van der Waals surface area contributed by atoms with Gasteiger partial charge in [-0.1, -0.05) is 18.5 Å². The minimum Gasteiger partial charge on any atom is -0.215 e. The van der Waals surface area contributed by atoms with Crippen molar-refractivity contribution in [3.8, 4) is 0 Å². The van der Waals surface area contributed by atoms with Gasteiger partial charge in [-0.2, -0.15) is 0 Å². The number of halogens is 1. The van der Waals surface area contributed by atoms with Crippen molar-refractivity contribution in [1.82, 2.24) is 4.72 Å². The molecule has 0 amide bonds. The lowest BCUT2D eigenvalue weighted by Crippen LogP contribution is -2.27. The molecule has 3 nitrogen and oxygen atoms in total. The van der Waals surface area contributed by atoms with Crippen molar-refractivity contribution < 1.29 is 8.42 Å². The van der Waals surface area contributed by atoms with E-state index in [0.717, 1.165) is 9.21 Å². The van der Waals surface area contributed by atoms with Gasteiger partial charge in [0.1, 0.15) is 0 Å². The molecule has 86 valence electrons. The largest absolute Gasteiger partial charge is 0.215 e. The summed E-state index contributed by atoms with van der Waals surface area (Å²) in [6.45, 7) is 2.29. The van der Waals surface area contributed by atoms with Crippen LogP contribution in [0.15, 0.2) is 12.1 Å². The van der Waals surface area contributed by atoms with Crippen LogP contribution in [0.1, 0.15) is 18.2 Å². The van der Waals surface area contributed by atoms with Crippen LogP contribution in [-0.2, 0) is 16.4 Å². The summed E-state index contributed by atoms with van der Waals surface area (Å²) in [4.78, 5) is 1.10. The second-order valence-corrected chi connectivity index (χ2v) is 6.90. The molecule has 0 aliphatic heterocycles. The molecule has 0 bridgehead atoms. The van der Waals surface area contributed by atoms with Gasteiger partial charge < -0.3 is 0 Å². The van der Waals surface area contributed by atoms with E-state index in [4.69, 9.17) is 11.6 Å². The van der Waals surface area contributed by atoms with Gasteiger partial charge in [0.05, 0.1) is 10.1 Å². The highest BCUT2D eigenvalue weighted by Gasteiger charge is 2.07. The minimum absolute atomic E-state index is 0.193. The summed E-state index contributed by atoms with van der Waals surface area (Å²) < 4.78 is 25.9.